The average Bonchev–Trinajstić information content (AvgIpc) is 2.57. The Balaban J connectivity index is 2.22. The molecule has 1 aromatic rings. The molecule has 13 heavy (non-hydrogen) atoms. The molecule has 0 atom stereocenters. The van der Waals surface area contributed by atoms with Crippen LogP contribution in [0, 0.1) is 0 Å². The summed E-state index contributed by atoms with van der Waals surface area (Å²) >= 11 is 0. The van der Waals surface area contributed by atoms with Gasteiger partial charge in [0.1, 0.15) is 12.2 Å². The van der Waals surface area contributed by atoms with Crippen LogP contribution in [0.3, 0.4) is 0 Å². The van der Waals surface area contributed by atoms with E-state index in [1.165, 1.54) is 6.26 Å². The fourth-order valence-corrected chi connectivity index (χ4v) is 0.813. The molecule has 0 saturated carbocycles. The molecule has 0 aliphatic heterocycles. The van der Waals surface area contributed by atoms with E-state index in [4.69, 9.17) is 9.15 Å². The standard InChI is InChI=1S/C9H9O4/c10-4-2-6-13-9(11)7-8-3-1-5-12-8/h1,3,5H,2,6-7H2. The fourth-order valence-electron chi connectivity index (χ4n) is 0.813. The molecule has 0 fully saturated rings. The largest absolute Gasteiger partial charge is 0.469 e. The van der Waals surface area contributed by atoms with E-state index in [0.717, 1.165) is 0 Å². The summed E-state index contributed by atoms with van der Waals surface area (Å²) in [4.78, 5) is 20.7. The Morgan fingerprint density at radius 2 is 2.46 bits per heavy atom. The number of ether oxygens (including phenoxy) is 1. The van der Waals surface area contributed by atoms with Crippen molar-refractivity contribution in [3.05, 3.63) is 24.2 Å². The number of hydrogen-bond donors (Lipinski definition) is 0. The van der Waals surface area contributed by atoms with Gasteiger partial charge in [0.15, 0.2) is 0 Å². The van der Waals surface area contributed by atoms with Gasteiger partial charge in [-0.25, -0.2) is 0 Å². The van der Waals surface area contributed by atoms with Crippen LogP contribution in [0.25, 0.3) is 0 Å². The molecule has 0 aliphatic carbocycles. The molecule has 0 bridgehead atoms. The molecule has 1 aromatic heterocycles. The topological polar surface area (TPSA) is 56.5 Å². The van der Waals surface area contributed by atoms with Crippen LogP contribution in [-0.4, -0.2) is 18.9 Å². The summed E-state index contributed by atoms with van der Waals surface area (Å²) in [5.41, 5.74) is 0. The van der Waals surface area contributed by atoms with Gasteiger partial charge >= 0.3 is 5.97 Å². The maximum absolute atomic E-state index is 11.0. The Labute approximate surface area is 75.5 Å². The van der Waals surface area contributed by atoms with Crippen LogP contribution in [0.2, 0.25) is 0 Å². The van der Waals surface area contributed by atoms with Crippen LogP contribution in [0.5, 0.6) is 0 Å². The first-order valence-electron chi connectivity index (χ1n) is 3.86. The second-order valence-corrected chi connectivity index (χ2v) is 2.37. The number of furan rings is 1. The molecule has 0 unspecified atom stereocenters. The van der Waals surface area contributed by atoms with Gasteiger partial charge in [0.25, 0.3) is 0 Å². The number of rotatable bonds is 5. The van der Waals surface area contributed by atoms with Crippen molar-refractivity contribution in [3.63, 3.8) is 0 Å². The van der Waals surface area contributed by atoms with Gasteiger partial charge in [0.05, 0.1) is 12.9 Å². The number of carbonyl (C=O) groups is 1. The monoisotopic (exact) mass is 181 g/mol. The second-order valence-electron chi connectivity index (χ2n) is 2.37. The minimum absolute atomic E-state index is 0.0864. The molecular formula is C9H9O4. The number of esters is 1. The molecule has 0 spiro atoms. The summed E-state index contributed by atoms with van der Waals surface area (Å²) in [6, 6.07) is 3.38. The summed E-state index contributed by atoms with van der Waals surface area (Å²) in [5.74, 6) is 0.158. The third-order valence-electron chi connectivity index (χ3n) is 1.37. The van der Waals surface area contributed by atoms with E-state index in [2.05, 4.69) is 0 Å². The van der Waals surface area contributed by atoms with Gasteiger partial charge in [-0.1, -0.05) is 0 Å². The fraction of sp³-hybridized carbons (Fsp3) is 0.333. The highest BCUT2D eigenvalue weighted by Gasteiger charge is 2.05. The van der Waals surface area contributed by atoms with Crippen LogP contribution < -0.4 is 0 Å². The molecule has 0 N–H and O–H groups in total. The quantitative estimate of drug-likeness (QED) is 0.499. The Bertz CT molecular complexity index is 263. The summed E-state index contributed by atoms with van der Waals surface area (Å²) in [6.45, 7) is 0.0864. The van der Waals surface area contributed by atoms with Crippen molar-refractivity contribution in [1.82, 2.24) is 0 Å². The summed E-state index contributed by atoms with van der Waals surface area (Å²) in [6.07, 6.45) is 3.34. The van der Waals surface area contributed by atoms with Crippen molar-refractivity contribution >= 4 is 12.3 Å². The van der Waals surface area contributed by atoms with Crippen LogP contribution in [0.15, 0.2) is 22.8 Å². The highest BCUT2D eigenvalue weighted by atomic mass is 16.5. The van der Waals surface area contributed by atoms with Gasteiger partial charge in [0, 0.05) is 6.42 Å². The SMILES string of the molecule is O=[C]CCOC(=O)Cc1ccco1. The van der Waals surface area contributed by atoms with Gasteiger partial charge < -0.3 is 9.15 Å². The zero-order valence-electron chi connectivity index (χ0n) is 6.99. The molecule has 4 nitrogen and oxygen atoms in total. The van der Waals surface area contributed by atoms with Crippen molar-refractivity contribution in [2.24, 2.45) is 0 Å². The lowest BCUT2D eigenvalue weighted by molar-refractivity contribution is -0.142. The molecule has 1 rings (SSSR count). The minimum atomic E-state index is -0.398. The highest BCUT2D eigenvalue weighted by molar-refractivity contribution is 5.71. The van der Waals surface area contributed by atoms with Crippen LogP contribution >= 0.6 is 0 Å². The highest BCUT2D eigenvalue weighted by Crippen LogP contribution is 2.01. The van der Waals surface area contributed by atoms with E-state index >= 15 is 0 Å². The second kappa shape index (κ2) is 5.13. The van der Waals surface area contributed by atoms with E-state index in [9.17, 15) is 9.59 Å². The molecule has 1 heterocycles. The van der Waals surface area contributed by atoms with Gasteiger partial charge in [0.2, 0.25) is 6.29 Å². The van der Waals surface area contributed by atoms with E-state index in [-0.39, 0.29) is 19.4 Å². The van der Waals surface area contributed by atoms with Gasteiger partial charge in [-0.2, -0.15) is 0 Å². The Morgan fingerprint density at radius 1 is 1.62 bits per heavy atom. The zero-order chi connectivity index (χ0) is 9.52. The molecular weight excluding hydrogens is 172 g/mol. The molecule has 0 saturated heterocycles. The van der Waals surface area contributed by atoms with Crippen LogP contribution in [0.1, 0.15) is 12.2 Å². The first-order chi connectivity index (χ1) is 6.33. The molecule has 69 valence electrons. The van der Waals surface area contributed by atoms with Crippen LogP contribution in [0.4, 0.5) is 0 Å². The smallest absolute Gasteiger partial charge is 0.313 e. The maximum atomic E-state index is 11.0. The third-order valence-corrected chi connectivity index (χ3v) is 1.37. The molecule has 4 heteroatoms. The van der Waals surface area contributed by atoms with Gasteiger partial charge in [-0.05, 0) is 12.1 Å². The lowest BCUT2D eigenvalue weighted by atomic mass is 10.3. The van der Waals surface area contributed by atoms with Crippen molar-refractivity contribution in [3.8, 4) is 0 Å². The van der Waals surface area contributed by atoms with Gasteiger partial charge in [-0.3, -0.25) is 9.59 Å². The summed E-state index contributed by atoms with van der Waals surface area (Å²) in [7, 11) is 0. The van der Waals surface area contributed by atoms with Crippen LogP contribution in [-0.2, 0) is 20.7 Å². The average molecular weight is 181 g/mol. The molecule has 0 amide bonds. The number of carbonyl (C=O) groups excluding carboxylic acids is 2. The molecule has 0 aliphatic rings. The van der Waals surface area contributed by atoms with Crippen molar-refractivity contribution in [2.45, 2.75) is 12.8 Å². The first kappa shape index (κ1) is 9.51. The third kappa shape index (κ3) is 3.55. The minimum Gasteiger partial charge on any atom is -0.469 e. The van der Waals surface area contributed by atoms with E-state index in [1.807, 2.05) is 0 Å². The Morgan fingerprint density at radius 3 is 3.08 bits per heavy atom. The van der Waals surface area contributed by atoms with Crippen molar-refractivity contribution < 1.29 is 18.7 Å². The number of hydrogen-bond acceptors (Lipinski definition) is 4. The normalized spacial score (nSPS) is 9.54. The molecule has 1 radical (unpaired) electrons. The zero-order valence-corrected chi connectivity index (χ0v) is 6.99. The maximum Gasteiger partial charge on any atom is 0.313 e. The van der Waals surface area contributed by atoms with Crippen molar-refractivity contribution in [2.75, 3.05) is 6.61 Å². The lowest BCUT2D eigenvalue weighted by Crippen LogP contribution is -2.08. The van der Waals surface area contributed by atoms with E-state index in [0.29, 0.717) is 5.76 Å². The van der Waals surface area contributed by atoms with Crippen molar-refractivity contribution in [1.29, 1.82) is 0 Å². The Hall–Kier alpha value is -1.58. The summed E-state index contributed by atoms with van der Waals surface area (Å²) in [5, 5.41) is 0. The van der Waals surface area contributed by atoms with E-state index in [1.54, 1.807) is 18.4 Å². The first-order valence-corrected chi connectivity index (χ1v) is 3.86. The van der Waals surface area contributed by atoms with Gasteiger partial charge in [-0.15, -0.1) is 0 Å². The Kier molecular flexibility index (Phi) is 3.75. The molecule has 0 aromatic carbocycles. The predicted octanol–water partition coefficient (Wildman–Crippen LogP) is 0.865. The summed E-state index contributed by atoms with van der Waals surface area (Å²) < 4.78 is 9.63. The lowest BCUT2D eigenvalue weighted by Gasteiger charge is -1.99. The van der Waals surface area contributed by atoms with E-state index < -0.39 is 5.97 Å². The predicted molar refractivity (Wildman–Crippen MR) is 43.7 cm³/mol.